The molecule has 0 aromatic heterocycles. The van der Waals surface area contributed by atoms with Gasteiger partial charge in [-0.3, -0.25) is 9.59 Å². The second-order valence-corrected chi connectivity index (χ2v) is 7.54. The van der Waals surface area contributed by atoms with Crippen molar-refractivity contribution < 1.29 is 19.1 Å². The van der Waals surface area contributed by atoms with Gasteiger partial charge in [-0.25, -0.2) is 0 Å². The van der Waals surface area contributed by atoms with Crippen molar-refractivity contribution in [1.29, 1.82) is 0 Å². The number of hydrogen-bond donors (Lipinski definition) is 2. The van der Waals surface area contributed by atoms with E-state index in [-0.39, 0.29) is 29.8 Å². The van der Waals surface area contributed by atoms with Crippen LogP contribution in [0.4, 0.5) is 5.69 Å². The van der Waals surface area contributed by atoms with Crippen LogP contribution in [0, 0.1) is 5.92 Å². The number of benzene rings is 1. The Morgan fingerprint density at radius 2 is 1.71 bits per heavy atom. The van der Waals surface area contributed by atoms with Crippen molar-refractivity contribution in [3.63, 3.8) is 0 Å². The standard InChI is InChI=1S/C21H33N3O4/c1-13(12-22-4)20(25)23-17-11-19(28-6)18(27-5)10-16(17)21(26)24-14(2)8-7-9-15(24)3/h10-11,13-15,22H,7-9,12H2,1-6H3,(H,23,25). The lowest BCUT2D eigenvalue weighted by atomic mass is 9.96. The van der Waals surface area contributed by atoms with Gasteiger partial charge in [-0.05, 0) is 46.2 Å². The number of piperidine rings is 1. The Morgan fingerprint density at radius 3 is 2.25 bits per heavy atom. The molecule has 28 heavy (non-hydrogen) atoms. The molecule has 1 saturated heterocycles. The van der Waals surface area contributed by atoms with Crippen LogP contribution in [-0.4, -0.2) is 56.6 Å². The number of hydrogen-bond acceptors (Lipinski definition) is 5. The molecule has 0 saturated carbocycles. The first kappa shape index (κ1) is 22.0. The predicted molar refractivity (Wildman–Crippen MR) is 110 cm³/mol. The van der Waals surface area contributed by atoms with Gasteiger partial charge in [-0.15, -0.1) is 0 Å². The first-order valence-corrected chi connectivity index (χ1v) is 9.88. The molecule has 0 bridgehead atoms. The van der Waals surface area contributed by atoms with Crippen LogP contribution in [0.15, 0.2) is 12.1 Å². The van der Waals surface area contributed by atoms with Gasteiger partial charge >= 0.3 is 0 Å². The summed E-state index contributed by atoms with van der Waals surface area (Å²) in [7, 11) is 4.86. The fraction of sp³-hybridized carbons (Fsp3) is 0.619. The van der Waals surface area contributed by atoms with Crippen LogP contribution in [0.2, 0.25) is 0 Å². The lowest BCUT2D eigenvalue weighted by molar-refractivity contribution is -0.119. The third-order valence-electron chi connectivity index (χ3n) is 5.40. The summed E-state index contributed by atoms with van der Waals surface area (Å²) in [6.07, 6.45) is 3.07. The Balaban J connectivity index is 2.45. The topological polar surface area (TPSA) is 79.9 Å². The Bertz CT molecular complexity index is 697. The van der Waals surface area contributed by atoms with Crippen molar-refractivity contribution in [3.05, 3.63) is 17.7 Å². The Labute approximate surface area is 167 Å². The Hall–Kier alpha value is -2.28. The number of carbonyl (C=O) groups excluding carboxylic acids is 2. The third-order valence-corrected chi connectivity index (χ3v) is 5.40. The number of methoxy groups -OCH3 is 2. The summed E-state index contributed by atoms with van der Waals surface area (Å²) in [6.45, 7) is 6.52. The van der Waals surface area contributed by atoms with Crippen LogP contribution in [-0.2, 0) is 4.79 Å². The van der Waals surface area contributed by atoms with Gasteiger partial charge < -0.3 is 25.0 Å². The van der Waals surface area contributed by atoms with Crippen molar-refractivity contribution in [3.8, 4) is 11.5 Å². The minimum atomic E-state index is -0.242. The minimum Gasteiger partial charge on any atom is -0.493 e. The second-order valence-electron chi connectivity index (χ2n) is 7.54. The molecule has 1 aliphatic heterocycles. The summed E-state index contributed by atoms with van der Waals surface area (Å²) in [5.41, 5.74) is 0.865. The maximum Gasteiger partial charge on any atom is 0.256 e. The van der Waals surface area contributed by atoms with Gasteiger partial charge in [0.05, 0.1) is 25.5 Å². The number of anilines is 1. The van der Waals surface area contributed by atoms with Crippen LogP contribution in [0.25, 0.3) is 0 Å². The number of rotatable bonds is 7. The molecule has 1 aliphatic rings. The summed E-state index contributed by atoms with van der Waals surface area (Å²) in [5, 5.41) is 5.90. The predicted octanol–water partition coefficient (Wildman–Crippen LogP) is 2.90. The molecule has 2 N–H and O–H groups in total. The van der Waals surface area contributed by atoms with Crippen LogP contribution in [0.1, 0.15) is 50.4 Å². The highest BCUT2D eigenvalue weighted by Gasteiger charge is 2.32. The molecule has 3 unspecified atom stereocenters. The fourth-order valence-electron chi connectivity index (χ4n) is 3.77. The van der Waals surface area contributed by atoms with E-state index in [2.05, 4.69) is 24.5 Å². The van der Waals surface area contributed by atoms with Crippen LogP contribution in [0.5, 0.6) is 11.5 Å². The smallest absolute Gasteiger partial charge is 0.256 e. The zero-order valence-electron chi connectivity index (χ0n) is 17.8. The average Bonchev–Trinajstić information content (AvgIpc) is 2.67. The zero-order valence-corrected chi connectivity index (χ0v) is 17.8. The largest absolute Gasteiger partial charge is 0.493 e. The number of nitrogens with zero attached hydrogens (tertiary/aromatic N) is 1. The molecule has 1 aromatic carbocycles. The average molecular weight is 392 g/mol. The van der Waals surface area contributed by atoms with Crippen molar-refractivity contribution in [2.24, 2.45) is 5.92 Å². The monoisotopic (exact) mass is 391 g/mol. The lowest BCUT2D eigenvalue weighted by Gasteiger charge is -2.39. The quantitative estimate of drug-likeness (QED) is 0.747. The SMILES string of the molecule is CNCC(C)C(=O)Nc1cc(OC)c(OC)cc1C(=O)N1C(C)CCCC1C. The van der Waals surface area contributed by atoms with E-state index in [1.807, 2.05) is 11.8 Å². The molecule has 156 valence electrons. The van der Waals surface area contributed by atoms with Gasteiger partial charge in [0.1, 0.15) is 0 Å². The third kappa shape index (κ3) is 4.76. The number of ether oxygens (including phenoxy) is 2. The van der Waals surface area contributed by atoms with E-state index in [9.17, 15) is 9.59 Å². The molecule has 3 atom stereocenters. The van der Waals surface area contributed by atoms with Crippen molar-refractivity contribution in [1.82, 2.24) is 10.2 Å². The molecule has 2 amide bonds. The molecule has 1 fully saturated rings. The zero-order chi connectivity index (χ0) is 20.8. The van der Waals surface area contributed by atoms with Crippen LogP contribution >= 0.6 is 0 Å². The highest BCUT2D eigenvalue weighted by Crippen LogP contribution is 2.36. The Kier molecular flexibility index (Phi) is 7.69. The number of nitrogens with one attached hydrogen (secondary N) is 2. The van der Waals surface area contributed by atoms with Crippen LogP contribution < -0.4 is 20.1 Å². The number of carbonyl (C=O) groups is 2. The maximum absolute atomic E-state index is 13.5. The van der Waals surface area contributed by atoms with E-state index in [0.29, 0.717) is 29.3 Å². The van der Waals surface area contributed by atoms with Gasteiger partial charge in [-0.1, -0.05) is 6.92 Å². The molecule has 1 aromatic rings. The van der Waals surface area contributed by atoms with Gasteiger partial charge in [0.25, 0.3) is 5.91 Å². The van der Waals surface area contributed by atoms with Gasteiger partial charge in [0.2, 0.25) is 5.91 Å². The van der Waals surface area contributed by atoms with E-state index in [1.165, 1.54) is 14.2 Å². The first-order chi connectivity index (χ1) is 13.3. The molecule has 7 heteroatoms. The first-order valence-electron chi connectivity index (χ1n) is 9.88. The van der Waals surface area contributed by atoms with Gasteiger partial charge in [0, 0.05) is 30.6 Å². The highest BCUT2D eigenvalue weighted by molar-refractivity contribution is 6.05. The van der Waals surface area contributed by atoms with E-state index < -0.39 is 0 Å². The number of likely N-dealkylation sites (tertiary alicyclic amines) is 1. The molecular weight excluding hydrogens is 358 g/mol. The van der Waals surface area contributed by atoms with Crippen molar-refractivity contribution in [2.75, 3.05) is 33.1 Å². The van der Waals surface area contributed by atoms with Gasteiger partial charge in [0.15, 0.2) is 11.5 Å². The Morgan fingerprint density at radius 1 is 1.14 bits per heavy atom. The van der Waals surface area contributed by atoms with Crippen molar-refractivity contribution >= 4 is 17.5 Å². The molecule has 0 aliphatic carbocycles. The summed E-state index contributed by atoms with van der Waals surface area (Å²) >= 11 is 0. The molecular formula is C21H33N3O4. The lowest BCUT2D eigenvalue weighted by Crippen LogP contribution is -2.47. The summed E-state index contributed by atoms with van der Waals surface area (Å²) in [4.78, 5) is 28.0. The number of amides is 2. The summed E-state index contributed by atoms with van der Waals surface area (Å²) in [6, 6.07) is 3.62. The van der Waals surface area contributed by atoms with E-state index in [4.69, 9.17) is 9.47 Å². The normalized spacial score (nSPS) is 20.4. The highest BCUT2D eigenvalue weighted by atomic mass is 16.5. The maximum atomic E-state index is 13.5. The van der Waals surface area contributed by atoms with E-state index in [0.717, 1.165) is 19.3 Å². The fourth-order valence-corrected chi connectivity index (χ4v) is 3.77. The summed E-state index contributed by atoms with van der Waals surface area (Å²) in [5.74, 6) is 0.432. The molecule has 0 spiro atoms. The van der Waals surface area contributed by atoms with Crippen LogP contribution in [0.3, 0.4) is 0 Å². The minimum absolute atomic E-state index is 0.0998. The second kappa shape index (κ2) is 9.78. The van der Waals surface area contributed by atoms with Gasteiger partial charge in [-0.2, -0.15) is 0 Å². The molecule has 2 rings (SSSR count). The molecule has 7 nitrogen and oxygen atoms in total. The van der Waals surface area contributed by atoms with Crippen molar-refractivity contribution in [2.45, 2.75) is 52.1 Å². The molecule has 0 radical (unpaired) electrons. The molecule has 1 heterocycles. The van der Waals surface area contributed by atoms with E-state index in [1.54, 1.807) is 19.2 Å². The van der Waals surface area contributed by atoms with E-state index >= 15 is 0 Å². The summed E-state index contributed by atoms with van der Waals surface area (Å²) < 4.78 is 10.8.